The quantitative estimate of drug-likeness (QED) is 0.410. The Balaban J connectivity index is 3.92. The summed E-state index contributed by atoms with van der Waals surface area (Å²) in [5.74, 6) is 0. The number of hydrogen-bond donors (Lipinski definition) is 0. The first-order valence-corrected chi connectivity index (χ1v) is 5.63. The Morgan fingerprint density at radius 2 is 2.08 bits per heavy atom. The van der Waals surface area contributed by atoms with Gasteiger partial charge in [-0.15, -0.1) is 0 Å². The number of allylic oxidation sites excluding steroid dienone is 2. The van der Waals surface area contributed by atoms with Gasteiger partial charge in [-0.1, -0.05) is 25.2 Å². The van der Waals surface area contributed by atoms with Crippen molar-refractivity contribution in [3.63, 3.8) is 0 Å². The van der Waals surface area contributed by atoms with Crippen LogP contribution in [0.15, 0.2) is 26.8 Å². The van der Waals surface area contributed by atoms with Crippen molar-refractivity contribution in [1.29, 1.82) is 0 Å². The lowest BCUT2D eigenvalue weighted by Crippen LogP contribution is -1.91. The molecule has 2 heteroatoms. The summed E-state index contributed by atoms with van der Waals surface area (Å²) in [5, 5.41) is 0. The second kappa shape index (κ2) is 7.30. The van der Waals surface area contributed by atoms with Gasteiger partial charge in [0.15, 0.2) is 0 Å². The maximum atomic E-state index is 4.44. The average molecular weight is 291 g/mol. The Morgan fingerprint density at radius 3 is 2.54 bits per heavy atom. The van der Waals surface area contributed by atoms with Crippen molar-refractivity contribution in [3.05, 3.63) is 21.8 Å². The van der Waals surface area contributed by atoms with Crippen molar-refractivity contribution in [3.8, 4) is 0 Å². The van der Waals surface area contributed by atoms with Crippen LogP contribution in [0.5, 0.6) is 0 Å². The highest BCUT2D eigenvalue weighted by Gasteiger charge is 1.89. The fourth-order valence-corrected chi connectivity index (χ4v) is 0.941. The van der Waals surface area contributed by atoms with Gasteiger partial charge in [0, 0.05) is 5.71 Å². The smallest absolute Gasteiger partial charge is 0.0596 e. The van der Waals surface area contributed by atoms with Gasteiger partial charge < -0.3 is 0 Å². The molecule has 0 heterocycles. The van der Waals surface area contributed by atoms with Crippen LogP contribution in [0.4, 0.5) is 0 Å². The number of aliphatic imine (C=N–C) groups is 1. The molecule has 0 aliphatic rings. The van der Waals surface area contributed by atoms with Crippen LogP contribution in [0.2, 0.25) is 0 Å². The number of nitrogens with zero attached hydrogens (tertiary/aromatic N) is 1. The maximum absolute atomic E-state index is 4.44. The Labute approximate surface area is 95.2 Å². The van der Waals surface area contributed by atoms with Gasteiger partial charge in [-0.3, -0.25) is 4.99 Å². The van der Waals surface area contributed by atoms with Gasteiger partial charge in [0.1, 0.15) is 0 Å². The molecule has 74 valence electrons. The van der Waals surface area contributed by atoms with Crippen molar-refractivity contribution in [2.24, 2.45) is 4.99 Å². The van der Waals surface area contributed by atoms with E-state index in [9.17, 15) is 0 Å². The molecule has 0 saturated carbocycles. The molecule has 0 saturated heterocycles. The number of halogens is 1. The Hall–Kier alpha value is -0.120. The van der Waals surface area contributed by atoms with E-state index in [0.29, 0.717) is 0 Å². The molecule has 0 unspecified atom stereocenters. The Morgan fingerprint density at radius 1 is 1.46 bits per heavy atom. The van der Waals surface area contributed by atoms with Crippen molar-refractivity contribution >= 4 is 28.3 Å². The predicted molar refractivity (Wildman–Crippen MR) is 69.8 cm³/mol. The van der Waals surface area contributed by atoms with E-state index in [4.69, 9.17) is 0 Å². The van der Waals surface area contributed by atoms with E-state index in [0.717, 1.165) is 19.4 Å². The zero-order valence-corrected chi connectivity index (χ0v) is 10.9. The third kappa shape index (κ3) is 8.22. The largest absolute Gasteiger partial charge is 0.290 e. The standard InChI is InChI=1S/C11H18IN/c1-5-11(4)13-8-9(2)6-7-10(3)12/h6H,3,5,7-8H2,1-2,4H3/b9-6-,13-11?. The Bertz CT molecular complexity index is 226. The molecule has 0 aromatic carbocycles. The second-order valence-electron chi connectivity index (χ2n) is 3.18. The van der Waals surface area contributed by atoms with Crippen LogP contribution in [-0.2, 0) is 0 Å². The summed E-state index contributed by atoms with van der Waals surface area (Å²) in [5.41, 5.74) is 2.55. The molecule has 0 aliphatic heterocycles. The third-order valence-electron chi connectivity index (χ3n) is 1.78. The van der Waals surface area contributed by atoms with Gasteiger partial charge in [0.05, 0.1) is 6.54 Å². The minimum atomic E-state index is 0.837. The minimum absolute atomic E-state index is 0.837. The zero-order chi connectivity index (χ0) is 10.3. The van der Waals surface area contributed by atoms with E-state index in [1.807, 2.05) is 0 Å². The molecule has 0 bridgehead atoms. The first-order valence-electron chi connectivity index (χ1n) is 4.55. The van der Waals surface area contributed by atoms with Crippen LogP contribution >= 0.6 is 22.6 Å². The molecule has 0 atom stereocenters. The molecule has 0 aromatic heterocycles. The maximum Gasteiger partial charge on any atom is 0.0596 e. The van der Waals surface area contributed by atoms with Crippen LogP contribution in [0.25, 0.3) is 0 Å². The summed E-state index contributed by atoms with van der Waals surface area (Å²) in [6, 6.07) is 0. The fourth-order valence-electron chi connectivity index (χ4n) is 0.721. The van der Waals surface area contributed by atoms with E-state index in [-0.39, 0.29) is 0 Å². The average Bonchev–Trinajstić information content (AvgIpc) is 2.10. The van der Waals surface area contributed by atoms with Gasteiger partial charge in [-0.2, -0.15) is 0 Å². The van der Waals surface area contributed by atoms with E-state index < -0.39 is 0 Å². The van der Waals surface area contributed by atoms with Gasteiger partial charge in [-0.25, -0.2) is 0 Å². The fraction of sp³-hybridized carbons (Fsp3) is 0.545. The lowest BCUT2D eigenvalue weighted by molar-refractivity contribution is 1.08. The molecule has 0 radical (unpaired) electrons. The molecular formula is C11H18IN. The van der Waals surface area contributed by atoms with Crippen LogP contribution in [-0.4, -0.2) is 12.3 Å². The molecule has 0 N–H and O–H groups in total. The topological polar surface area (TPSA) is 12.4 Å². The molecule has 0 fully saturated rings. The van der Waals surface area contributed by atoms with Crippen molar-refractivity contribution in [1.82, 2.24) is 0 Å². The highest BCUT2D eigenvalue weighted by molar-refractivity contribution is 14.1. The van der Waals surface area contributed by atoms with Crippen LogP contribution in [0, 0.1) is 0 Å². The van der Waals surface area contributed by atoms with Gasteiger partial charge in [0.2, 0.25) is 0 Å². The summed E-state index contributed by atoms with van der Waals surface area (Å²) < 4.78 is 1.17. The molecule has 13 heavy (non-hydrogen) atoms. The molecule has 0 aromatic rings. The number of rotatable bonds is 5. The SMILES string of the molecule is C=C(I)C/C=C(/C)CN=C(C)CC. The highest BCUT2D eigenvalue weighted by Crippen LogP contribution is 2.10. The van der Waals surface area contributed by atoms with E-state index in [1.165, 1.54) is 14.9 Å². The number of hydrogen-bond acceptors (Lipinski definition) is 1. The van der Waals surface area contributed by atoms with Crippen LogP contribution < -0.4 is 0 Å². The molecule has 0 aliphatic carbocycles. The normalized spacial score (nSPS) is 13.2. The monoisotopic (exact) mass is 291 g/mol. The minimum Gasteiger partial charge on any atom is -0.290 e. The first-order chi connectivity index (χ1) is 6.06. The predicted octanol–water partition coefficient (Wildman–Crippen LogP) is 4.14. The first kappa shape index (κ1) is 12.9. The zero-order valence-electron chi connectivity index (χ0n) is 8.73. The molecule has 0 amide bonds. The van der Waals surface area contributed by atoms with Crippen molar-refractivity contribution in [2.75, 3.05) is 6.54 Å². The van der Waals surface area contributed by atoms with Crippen molar-refractivity contribution < 1.29 is 0 Å². The molecule has 1 nitrogen and oxygen atoms in total. The highest BCUT2D eigenvalue weighted by atomic mass is 127. The molecule has 0 spiro atoms. The summed E-state index contributed by atoms with van der Waals surface area (Å²) in [6.07, 6.45) is 4.21. The summed E-state index contributed by atoms with van der Waals surface area (Å²) in [6.45, 7) is 11.0. The van der Waals surface area contributed by atoms with E-state index in [1.54, 1.807) is 0 Å². The van der Waals surface area contributed by atoms with Gasteiger partial charge in [0.25, 0.3) is 0 Å². The molecular weight excluding hydrogens is 273 g/mol. The lowest BCUT2D eigenvalue weighted by atomic mass is 10.2. The van der Waals surface area contributed by atoms with E-state index >= 15 is 0 Å². The van der Waals surface area contributed by atoms with Crippen LogP contribution in [0.1, 0.15) is 33.6 Å². The van der Waals surface area contributed by atoms with Crippen LogP contribution in [0.3, 0.4) is 0 Å². The second-order valence-corrected chi connectivity index (χ2v) is 4.70. The lowest BCUT2D eigenvalue weighted by Gasteiger charge is -1.98. The summed E-state index contributed by atoms with van der Waals surface area (Å²) in [4.78, 5) is 4.44. The summed E-state index contributed by atoms with van der Waals surface area (Å²) >= 11 is 2.25. The van der Waals surface area contributed by atoms with E-state index in [2.05, 4.69) is 61.0 Å². The van der Waals surface area contributed by atoms with Crippen molar-refractivity contribution in [2.45, 2.75) is 33.6 Å². The van der Waals surface area contributed by atoms with Gasteiger partial charge in [-0.05, 0) is 52.9 Å². The summed E-state index contributed by atoms with van der Waals surface area (Å²) in [7, 11) is 0. The Kier molecular flexibility index (Phi) is 7.23. The third-order valence-corrected chi connectivity index (χ3v) is 2.22. The van der Waals surface area contributed by atoms with Gasteiger partial charge >= 0.3 is 0 Å². The molecule has 0 rings (SSSR count).